The van der Waals surface area contributed by atoms with E-state index in [0.29, 0.717) is 5.56 Å². The van der Waals surface area contributed by atoms with E-state index < -0.39 is 5.97 Å². The van der Waals surface area contributed by atoms with Crippen LogP contribution in [0.1, 0.15) is 43.1 Å². The first-order valence-corrected chi connectivity index (χ1v) is 7.49. The van der Waals surface area contributed by atoms with E-state index in [1.165, 1.54) is 7.05 Å². The fraction of sp³-hybridized carbons (Fsp3) is 0.471. The van der Waals surface area contributed by atoms with Crippen LogP contribution in [-0.4, -0.2) is 38.0 Å². The first-order valence-electron chi connectivity index (χ1n) is 7.49. The van der Waals surface area contributed by atoms with Crippen molar-refractivity contribution in [2.45, 2.75) is 32.6 Å². The van der Waals surface area contributed by atoms with Gasteiger partial charge in [-0.15, -0.1) is 0 Å². The zero-order valence-corrected chi connectivity index (χ0v) is 14.1. The third kappa shape index (κ3) is 6.50. The molecule has 126 valence electrons. The van der Waals surface area contributed by atoms with Crippen LogP contribution in [0.5, 0.6) is 0 Å². The van der Waals surface area contributed by atoms with Gasteiger partial charge in [-0.3, -0.25) is 14.4 Å². The van der Waals surface area contributed by atoms with Crippen LogP contribution in [0.3, 0.4) is 0 Å². The van der Waals surface area contributed by atoms with Crippen molar-refractivity contribution in [1.29, 1.82) is 0 Å². The molecule has 0 spiro atoms. The normalized spacial score (nSPS) is 10.8. The summed E-state index contributed by atoms with van der Waals surface area (Å²) in [5, 5.41) is 4.99. The smallest absolute Gasteiger partial charge is 0.308 e. The first-order chi connectivity index (χ1) is 10.7. The molecule has 1 aromatic rings. The molecule has 0 radical (unpaired) electrons. The minimum absolute atomic E-state index is 0.0167. The van der Waals surface area contributed by atoms with Crippen molar-refractivity contribution in [3.8, 4) is 0 Å². The molecule has 0 bridgehead atoms. The van der Waals surface area contributed by atoms with Gasteiger partial charge in [0.15, 0.2) is 6.61 Å². The summed E-state index contributed by atoms with van der Waals surface area (Å²) >= 11 is 0. The summed E-state index contributed by atoms with van der Waals surface area (Å²) in [7, 11) is 1.46. The van der Waals surface area contributed by atoms with Crippen LogP contribution < -0.4 is 10.6 Å². The van der Waals surface area contributed by atoms with E-state index in [9.17, 15) is 14.4 Å². The molecule has 6 nitrogen and oxygen atoms in total. The molecular weight excluding hydrogens is 296 g/mol. The van der Waals surface area contributed by atoms with Gasteiger partial charge in [0.05, 0.1) is 6.42 Å². The second-order valence-corrected chi connectivity index (χ2v) is 6.17. The summed E-state index contributed by atoms with van der Waals surface area (Å²) in [6, 6.07) is 7.37. The SMILES string of the molecule is CNC(=O)COC(=O)CCNC(=O)c1ccc(C(C)(C)C)cc1. The van der Waals surface area contributed by atoms with E-state index in [1.54, 1.807) is 12.1 Å². The highest BCUT2D eigenvalue weighted by Gasteiger charge is 2.14. The van der Waals surface area contributed by atoms with Gasteiger partial charge < -0.3 is 15.4 Å². The second kappa shape index (κ2) is 8.31. The molecule has 1 rings (SSSR count). The number of ether oxygens (including phenoxy) is 1. The average molecular weight is 320 g/mol. The largest absolute Gasteiger partial charge is 0.456 e. The monoisotopic (exact) mass is 320 g/mol. The maximum absolute atomic E-state index is 12.0. The van der Waals surface area contributed by atoms with Crippen LogP contribution in [-0.2, 0) is 19.7 Å². The van der Waals surface area contributed by atoms with Gasteiger partial charge in [0.1, 0.15) is 0 Å². The Morgan fingerprint density at radius 2 is 1.70 bits per heavy atom. The highest BCUT2D eigenvalue weighted by molar-refractivity contribution is 5.94. The van der Waals surface area contributed by atoms with Crippen LogP contribution in [0.25, 0.3) is 0 Å². The summed E-state index contributed by atoms with van der Waals surface area (Å²) in [6.07, 6.45) is 0.0167. The number of benzene rings is 1. The molecule has 0 saturated heterocycles. The van der Waals surface area contributed by atoms with Crippen molar-refractivity contribution in [1.82, 2.24) is 10.6 Å². The van der Waals surface area contributed by atoms with E-state index in [4.69, 9.17) is 4.74 Å². The molecule has 0 aromatic heterocycles. The number of hydrogen-bond donors (Lipinski definition) is 2. The van der Waals surface area contributed by atoms with Crippen molar-refractivity contribution < 1.29 is 19.1 Å². The highest BCUT2D eigenvalue weighted by Crippen LogP contribution is 2.22. The number of rotatable bonds is 6. The Labute approximate surface area is 136 Å². The molecule has 0 aliphatic carbocycles. The standard InChI is InChI=1S/C17H24N2O4/c1-17(2,3)13-7-5-12(6-8-13)16(22)19-10-9-15(21)23-11-14(20)18-4/h5-8H,9-11H2,1-4H3,(H,18,20)(H,19,22). The predicted molar refractivity (Wildman–Crippen MR) is 87.1 cm³/mol. The van der Waals surface area contributed by atoms with Crippen LogP contribution in [0.15, 0.2) is 24.3 Å². The van der Waals surface area contributed by atoms with E-state index in [-0.39, 0.29) is 36.8 Å². The number of likely N-dealkylation sites (N-methyl/N-ethyl adjacent to an activating group) is 1. The van der Waals surface area contributed by atoms with E-state index in [0.717, 1.165) is 5.56 Å². The van der Waals surface area contributed by atoms with Crippen molar-refractivity contribution >= 4 is 17.8 Å². The molecular formula is C17H24N2O4. The Bertz CT molecular complexity index is 559. The van der Waals surface area contributed by atoms with Crippen LogP contribution in [0.4, 0.5) is 0 Å². The van der Waals surface area contributed by atoms with Gasteiger partial charge in [-0.05, 0) is 23.1 Å². The molecule has 23 heavy (non-hydrogen) atoms. The van der Waals surface area contributed by atoms with E-state index >= 15 is 0 Å². The maximum atomic E-state index is 12.0. The zero-order valence-electron chi connectivity index (χ0n) is 14.1. The highest BCUT2D eigenvalue weighted by atomic mass is 16.5. The van der Waals surface area contributed by atoms with Crippen molar-refractivity contribution in [2.75, 3.05) is 20.2 Å². The molecule has 0 saturated carbocycles. The van der Waals surface area contributed by atoms with Gasteiger partial charge in [-0.2, -0.15) is 0 Å². The lowest BCUT2D eigenvalue weighted by molar-refractivity contribution is -0.148. The Kier molecular flexibility index (Phi) is 6.75. The lowest BCUT2D eigenvalue weighted by Crippen LogP contribution is -2.28. The third-order valence-corrected chi connectivity index (χ3v) is 3.27. The molecule has 0 unspecified atom stereocenters. The summed E-state index contributed by atoms with van der Waals surface area (Å²) < 4.78 is 4.73. The Morgan fingerprint density at radius 1 is 1.09 bits per heavy atom. The first kappa shape index (κ1) is 18.7. The van der Waals surface area contributed by atoms with Gasteiger partial charge in [0, 0.05) is 19.2 Å². The van der Waals surface area contributed by atoms with Crippen molar-refractivity contribution in [3.63, 3.8) is 0 Å². The van der Waals surface area contributed by atoms with Gasteiger partial charge in [0.25, 0.3) is 11.8 Å². The summed E-state index contributed by atoms with van der Waals surface area (Å²) in [6.45, 7) is 6.16. The fourth-order valence-corrected chi connectivity index (χ4v) is 1.79. The molecule has 1 aromatic carbocycles. The molecule has 6 heteroatoms. The van der Waals surface area contributed by atoms with E-state index in [2.05, 4.69) is 31.4 Å². The summed E-state index contributed by atoms with van der Waals surface area (Å²) in [5.41, 5.74) is 1.72. The Balaban J connectivity index is 2.39. The van der Waals surface area contributed by atoms with Gasteiger partial charge in [-0.1, -0.05) is 32.9 Å². The lowest BCUT2D eigenvalue weighted by atomic mass is 9.87. The minimum atomic E-state index is -0.531. The molecule has 0 heterocycles. The summed E-state index contributed by atoms with van der Waals surface area (Å²) in [4.78, 5) is 34.3. The molecule has 0 fully saturated rings. The molecule has 0 aliphatic rings. The van der Waals surface area contributed by atoms with Gasteiger partial charge in [-0.25, -0.2) is 0 Å². The van der Waals surface area contributed by atoms with Crippen LogP contribution >= 0.6 is 0 Å². The number of esters is 1. The Morgan fingerprint density at radius 3 is 2.22 bits per heavy atom. The molecule has 2 amide bonds. The molecule has 2 N–H and O–H groups in total. The van der Waals surface area contributed by atoms with Gasteiger partial charge in [0.2, 0.25) is 0 Å². The van der Waals surface area contributed by atoms with Gasteiger partial charge >= 0.3 is 5.97 Å². The van der Waals surface area contributed by atoms with Crippen molar-refractivity contribution in [3.05, 3.63) is 35.4 Å². The number of amides is 2. The van der Waals surface area contributed by atoms with Crippen LogP contribution in [0, 0.1) is 0 Å². The molecule has 0 aliphatic heterocycles. The number of carbonyl (C=O) groups excluding carboxylic acids is 3. The Hall–Kier alpha value is -2.37. The van der Waals surface area contributed by atoms with Crippen LogP contribution in [0.2, 0.25) is 0 Å². The molecule has 0 atom stereocenters. The zero-order chi connectivity index (χ0) is 17.5. The maximum Gasteiger partial charge on any atom is 0.308 e. The fourth-order valence-electron chi connectivity index (χ4n) is 1.79. The minimum Gasteiger partial charge on any atom is -0.456 e. The quantitative estimate of drug-likeness (QED) is 0.776. The number of nitrogens with one attached hydrogen (secondary N) is 2. The number of carbonyl (C=O) groups is 3. The predicted octanol–water partition coefficient (Wildman–Crippen LogP) is 1.39. The topological polar surface area (TPSA) is 84.5 Å². The number of hydrogen-bond acceptors (Lipinski definition) is 4. The summed E-state index contributed by atoms with van der Waals surface area (Å²) in [5.74, 6) is -1.15. The van der Waals surface area contributed by atoms with Crippen molar-refractivity contribution in [2.24, 2.45) is 0 Å². The average Bonchev–Trinajstić information content (AvgIpc) is 2.51. The third-order valence-electron chi connectivity index (χ3n) is 3.27. The van der Waals surface area contributed by atoms with E-state index in [1.807, 2.05) is 12.1 Å². The second-order valence-electron chi connectivity index (χ2n) is 6.17. The lowest BCUT2D eigenvalue weighted by Gasteiger charge is -2.19.